The van der Waals surface area contributed by atoms with Crippen LogP contribution < -0.4 is 10.5 Å². The Morgan fingerprint density at radius 1 is 1.32 bits per heavy atom. The van der Waals surface area contributed by atoms with E-state index in [9.17, 15) is 4.79 Å². The van der Waals surface area contributed by atoms with Crippen molar-refractivity contribution in [3.63, 3.8) is 0 Å². The maximum atomic E-state index is 11.8. The van der Waals surface area contributed by atoms with E-state index in [1.807, 2.05) is 6.92 Å². The van der Waals surface area contributed by atoms with Gasteiger partial charge in [0, 0.05) is 11.8 Å². The topological polar surface area (TPSA) is 51.7 Å². The third-order valence-electron chi connectivity index (χ3n) is 3.63. The van der Waals surface area contributed by atoms with Crippen LogP contribution in [0, 0.1) is 6.92 Å². The van der Waals surface area contributed by atoms with Crippen LogP contribution in [-0.4, -0.2) is 27.7 Å². The quantitative estimate of drug-likeness (QED) is 0.867. The molecular weight excluding hydrogens is 260 g/mol. The van der Waals surface area contributed by atoms with Gasteiger partial charge in [0.05, 0.1) is 13.1 Å². The van der Waals surface area contributed by atoms with Gasteiger partial charge in [-0.05, 0) is 32.6 Å². The van der Waals surface area contributed by atoms with Crippen molar-refractivity contribution in [2.75, 3.05) is 13.1 Å². The molecule has 0 bridgehead atoms. The second-order valence-corrected chi connectivity index (χ2v) is 6.31. The zero-order chi connectivity index (χ0) is 13.2. The number of fused-ring (bicyclic) bond motifs is 1. The second kappa shape index (κ2) is 5.38. The molecule has 2 aromatic rings. The number of quaternary nitrogens is 1. The van der Waals surface area contributed by atoms with E-state index in [1.54, 1.807) is 16.2 Å². The molecule has 102 valence electrons. The van der Waals surface area contributed by atoms with Gasteiger partial charge in [-0.2, -0.15) is 9.61 Å². The Morgan fingerprint density at radius 2 is 2.05 bits per heavy atom. The summed E-state index contributed by atoms with van der Waals surface area (Å²) in [5, 5.41) is 5.44. The Morgan fingerprint density at radius 3 is 2.79 bits per heavy atom. The Bertz CT molecular complexity index is 625. The minimum Gasteiger partial charge on any atom is -0.329 e. The van der Waals surface area contributed by atoms with E-state index in [1.165, 1.54) is 49.4 Å². The molecule has 0 amide bonds. The van der Waals surface area contributed by atoms with Crippen LogP contribution in [0.5, 0.6) is 0 Å². The van der Waals surface area contributed by atoms with Crippen molar-refractivity contribution in [1.29, 1.82) is 0 Å². The van der Waals surface area contributed by atoms with Gasteiger partial charge in [0.2, 0.25) is 4.96 Å². The predicted molar refractivity (Wildman–Crippen MR) is 74.7 cm³/mol. The minimum atomic E-state index is -0.0733. The van der Waals surface area contributed by atoms with E-state index in [-0.39, 0.29) is 5.56 Å². The lowest BCUT2D eigenvalue weighted by Crippen LogP contribution is -3.10. The zero-order valence-electron chi connectivity index (χ0n) is 11.2. The minimum absolute atomic E-state index is 0.0733. The first-order chi connectivity index (χ1) is 9.22. The fraction of sp³-hybridized carbons (Fsp3) is 0.615. The van der Waals surface area contributed by atoms with Gasteiger partial charge < -0.3 is 4.90 Å². The Kier molecular flexibility index (Phi) is 3.61. The highest BCUT2D eigenvalue weighted by Gasteiger charge is 2.16. The molecular formula is C13H19N4OS+. The van der Waals surface area contributed by atoms with E-state index < -0.39 is 0 Å². The second-order valence-electron chi connectivity index (χ2n) is 5.27. The molecule has 1 aliphatic rings. The first-order valence-electron chi connectivity index (χ1n) is 6.92. The molecule has 0 aromatic carbocycles. The summed E-state index contributed by atoms with van der Waals surface area (Å²) in [4.78, 5) is 18.5. The van der Waals surface area contributed by atoms with Gasteiger partial charge in [-0.3, -0.25) is 4.79 Å². The Balaban J connectivity index is 1.85. The van der Waals surface area contributed by atoms with E-state index >= 15 is 0 Å². The van der Waals surface area contributed by atoms with Crippen molar-refractivity contribution in [3.05, 3.63) is 27.1 Å². The molecule has 1 fully saturated rings. The molecule has 3 heterocycles. The largest absolute Gasteiger partial charge is 0.329 e. The number of aromatic nitrogens is 3. The van der Waals surface area contributed by atoms with Crippen LogP contribution in [-0.2, 0) is 6.54 Å². The molecule has 0 radical (unpaired) electrons. The molecule has 0 saturated carbocycles. The average Bonchev–Trinajstić information content (AvgIpc) is 2.58. The van der Waals surface area contributed by atoms with Crippen molar-refractivity contribution >= 4 is 16.3 Å². The number of hydrogen-bond acceptors (Lipinski definition) is 4. The number of rotatable bonds is 2. The van der Waals surface area contributed by atoms with Crippen LogP contribution in [0.4, 0.5) is 0 Å². The summed E-state index contributed by atoms with van der Waals surface area (Å²) < 4.78 is 1.43. The van der Waals surface area contributed by atoms with Gasteiger partial charge in [0.15, 0.2) is 5.01 Å². The van der Waals surface area contributed by atoms with Crippen molar-refractivity contribution in [3.8, 4) is 0 Å². The summed E-state index contributed by atoms with van der Waals surface area (Å²) in [6.07, 6.45) is 5.31. The van der Waals surface area contributed by atoms with E-state index in [0.29, 0.717) is 4.96 Å². The van der Waals surface area contributed by atoms with Crippen molar-refractivity contribution < 1.29 is 4.90 Å². The lowest BCUT2D eigenvalue weighted by atomic mass is 10.2. The third-order valence-corrected chi connectivity index (χ3v) is 4.54. The molecule has 0 spiro atoms. The number of aryl methyl sites for hydroxylation is 1. The van der Waals surface area contributed by atoms with Crippen molar-refractivity contribution in [2.24, 2.45) is 0 Å². The van der Waals surface area contributed by atoms with Gasteiger partial charge in [0.1, 0.15) is 6.54 Å². The standard InChI is InChI=1S/C13H18N4OS/c1-10-8-12(18)17-13(14-10)19-11(15-17)9-16-6-4-2-3-5-7-16/h8H,2-7,9H2,1H3/p+1. The molecule has 19 heavy (non-hydrogen) atoms. The van der Waals surface area contributed by atoms with Crippen molar-refractivity contribution in [1.82, 2.24) is 14.6 Å². The number of likely N-dealkylation sites (tertiary alicyclic amines) is 1. The molecule has 1 saturated heterocycles. The van der Waals surface area contributed by atoms with E-state index in [4.69, 9.17) is 0 Å². The van der Waals surface area contributed by atoms with Crippen LogP contribution in [0.1, 0.15) is 36.4 Å². The van der Waals surface area contributed by atoms with Crippen LogP contribution in [0.15, 0.2) is 10.9 Å². The molecule has 2 aromatic heterocycles. The summed E-state index contributed by atoms with van der Waals surface area (Å²) in [5.41, 5.74) is 0.693. The molecule has 0 atom stereocenters. The summed E-state index contributed by atoms with van der Waals surface area (Å²) in [6.45, 7) is 5.21. The summed E-state index contributed by atoms with van der Waals surface area (Å²) >= 11 is 1.55. The van der Waals surface area contributed by atoms with Gasteiger partial charge in [-0.15, -0.1) is 0 Å². The van der Waals surface area contributed by atoms with Crippen LogP contribution in [0.2, 0.25) is 0 Å². The predicted octanol–water partition coefficient (Wildman–Crippen LogP) is 0.418. The van der Waals surface area contributed by atoms with E-state index in [0.717, 1.165) is 17.2 Å². The van der Waals surface area contributed by atoms with Gasteiger partial charge >= 0.3 is 0 Å². The summed E-state index contributed by atoms with van der Waals surface area (Å²) in [7, 11) is 0. The molecule has 0 unspecified atom stereocenters. The Hall–Kier alpha value is -1.27. The summed E-state index contributed by atoms with van der Waals surface area (Å²) in [6, 6.07) is 1.54. The lowest BCUT2D eigenvalue weighted by Gasteiger charge is -2.14. The SMILES string of the molecule is Cc1cc(=O)n2nc(C[NH+]3CCCCCC3)sc2n1. The smallest absolute Gasteiger partial charge is 0.275 e. The number of nitrogens with zero attached hydrogens (tertiary/aromatic N) is 3. The van der Waals surface area contributed by atoms with Gasteiger partial charge in [0.25, 0.3) is 5.56 Å². The van der Waals surface area contributed by atoms with E-state index in [2.05, 4.69) is 10.1 Å². The van der Waals surface area contributed by atoms with Gasteiger partial charge in [-0.1, -0.05) is 11.3 Å². The fourth-order valence-corrected chi connectivity index (χ4v) is 3.67. The highest BCUT2D eigenvalue weighted by atomic mass is 32.1. The number of hydrogen-bond donors (Lipinski definition) is 1. The highest BCUT2D eigenvalue weighted by Crippen LogP contribution is 2.10. The van der Waals surface area contributed by atoms with Crippen LogP contribution in [0.3, 0.4) is 0 Å². The Labute approximate surface area is 115 Å². The fourth-order valence-electron chi connectivity index (χ4n) is 2.65. The van der Waals surface area contributed by atoms with Crippen LogP contribution >= 0.6 is 11.3 Å². The number of nitrogens with one attached hydrogen (secondary N) is 1. The molecule has 6 heteroatoms. The monoisotopic (exact) mass is 279 g/mol. The van der Waals surface area contributed by atoms with Crippen molar-refractivity contribution in [2.45, 2.75) is 39.2 Å². The maximum absolute atomic E-state index is 11.8. The average molecular weight is 279 g/mol. The highest BCUT2D eigenvalue weighted by molar-refractivity contribution is 7.16. The third kappa shape index (κ3) is 2.84. The molecule has 3 rings (SSSR count). The zero-order valence-corrected chi connectivity index (χ0v) is 12.0. The summed E-state index contributed by atoms with van der Waals surface area (Å²) in [5.74, 6) is 0. The molecule has 1 aliphatic heterocycles. The first-order valence-corrected chi connectivity index (χ1v) is 7.74. The normalized spacial score (nSPS) is 17.7. The first kappa shape index (κ1) is 12.7. The van der Waals surface area contributed by atoms with Gasteiger partial charge in [-0.25, -0.2) is 4.98 Å². The van der Waals surface area contributed by atoms with Crippen LogP contribution in [0.25, 0.3) is 4.96 Å². The molecule has 1 N–H and O–H groups in total. The molecule has 0 aliphatic carbocycles. The molecule has 5 nitrogen and oxygen atoms in total. The lowest BCUT2D eigenvalue weighted by molar-refractivity contribution is -0.913. The maximum Gasteiger partial charge on any atom is 0.275 e.